The predicted octanol–water partition coefficient (Wildman–Crippen LogP) is 6.42. The van der Waals surface area contributed by atoms with Crippen LogP contribution in [0.4, 0.5) is 0 Å². The minimum absolute atomic E-state index is 0. The molecule has 0 aliphatic carbocycles. The second kappa shape index (κ2) is 10.9. The van der Waals surface area contributed by atoms with Crippen molar-refractivity contribution in [3.05, 3.63) is 108 Å². The number of carbonyl (C=O) groups is 1. The number of aromatic nitrogens is 2. The number of ketones is 1. The number of nitrogens with zero attached hydrogens (tertiary/aromatic N) is 2. The lowest BCUT2D eigenvalue weighted by atomic mass is 10.0. The summed E-state index contributed by atoms with van der Waals surface area (Å²) in [4.78, 5) is 20.7. The number of rotatable bonds is 7. The van der Waals surface area contributed by atoms with Gasteiger partial charge < -0.3 is 4.42 Å². The average Bonchev–Trinajstić information content (AvgIpc) is 3.25. The molecule has 2 heterocycles. The van der Waals surface area contributed by atoms with Gasteiger partial charge in [-0.15, -0.1) is 0 Å². The van der Waals surface area contributed by atoms with Gasteiger partial charge in [-0.3, -0.25) is 9.78 Å². The van der Waals surface area contributed by atoms with Crippen LogP contribution in [0.2, 0.25) is 0 Å². The molecule has 0 bridgehead atoms. The molecule has 0 N–H and O–H groups in total. The molecular formula is C26H28N2O2. The summed E-state index contributed by atoms with van der Waals surface area (Å²) in [6.45, 7) is 0. The number of Topliss-reactive ketones (excluding diaryl/α,β-unsaturated/α-hetero) is 1. The molecule has 0 atom stereocenters. The van der Waals surface area contributed by atoms with Gasteiger partial charge in [0, 0.05) is 12.6 Å². The van der Waals surface area contributed by atoms with Crippen molar-refractivity contribution in [2.24, 2.45) is 0 Å². The first kappa shape index (κ1) is 22.8. The maximum Gasteiger partial charge on any atom is 0.263 e. The fourth-order valence-electron chi connectivity index (χ4n) is 3.05. The number of carbonyl (C=O) groups excluding carboxylic acids is 1. The van der Waals surface area contributed by atoms with E-state index in [9.17, 15) is 4.79 Å². The molecule has 0 aliphatic heterocycles. The van der Waals surface area contributed by atoms with E-state index in [1.54, 1.807) is 12.4 Å². The fraction of sp³-hybridized carbons (Fsp3) is 0.192. The van der Waals surface area contributed by atoms with Crippen LogP contribution in [0.3, 0.4) is 0 Å². The normalized spacial score (nSPS) is 10.0. The lowest BCUT2D eigenvalue weighted by molar-refractivity contribution is 0.0950. The van der Waals surface area contributed by atoms with Gasteiger partial charge in [0.2, 0.25) is 5.78 Å². The summed E-state index contributed by atoms with van der Waals surface area (Å²) in [7, 11) is 0. The molecular weight excluding hydrogens is 372 g/mol. The van der Waals surface area contributed by atoms with Crippen molar-refractivity contribution in [1.29, 1.82) is 0 Å². The maximum absolute atomic E-state index is 12.4. The van der Waals surface area contributed by atoms with Crippen LogP contribution in [0.5, 0.6) is 0 Å². The second-order valence-corrected chi connectivity index (χ2v) is 6.65. The molecule has 0 saturated heterocycles. The van der Waals surface area contributed by atoms with Crippen LogP contribution in [-0.4, -0.2) is 15.8 Å². The van der Waals surface area contributed by atoms with Crippen molar-refractivity contribution < 1.29 is 9.21 Å². The topological polar surface area (TPSA) is 56.0 Å². The zero-order valence-corrected chi connectivity index (χ0v) is 15.4. The van der Waals surface area contributed by atoms with Gasteiger partial charge in [-0.05, 0) is 41.7 Å². The summed E-state index contributed by atoms with van der Waals surface area (Å²) >= 11 is 0. The number of hydrogen-bond donors (Lipinski definition) is 0. The summed E-state index contributed by atoms with van der Waals surface area (Å²) in [5.74, 6) is 0.547. The van der Waals surface area contributed by atoms with E-state index < -0.39 is 0 Å². The third-order valence-electron chi connectivity index (χ3n) is 4.58. The molecule has 0 radical (unpaired) electrons. The molecule has 0 amide bonds. The van der Waals surface area contributed by atoms with E-state index in [2.05, 4.69) is 58.5 Å². The standard InChI is InChI=1S/C24H20N2O2.2CH4/c27-22(24-26-17-23(28-24)21-8-4-5-15-25-21)14-13-18-9-11-20(12-10-18)16-19-6-2-1-3-7-19;;/h1-12,15,17H,13-14,16H2;2*1H4. The molecule has 0 unspecified atom stereocenters. The van der Waals surface area contributed by atoms with Crippen molar-refractivity contribution in [2.75, 3.05) is 0 Å². The van der Waals surface area contributed by atoms with Crippen LogP contribution in [0.1, 0.15) is 48.6 Å². The molecule has 0 fully saturated rings. The van der Waals surface area contributed by atoms with E-state index in [0.29, 0.717) is 24.3 Å². The largest absolute Gasteiger partial charge is 0.432 e. The Morgan fingerprint density at radius 1 is 0.767 bits per heavy atom. The van der Waals surface area contributed by atoms with Gasteiger partial charge in [0.25, 0.3) is 5.89 Å². The van der Waals surface area contributed by atoms with Gasteiger partial charge >= 0.3 is 0 Å². The SMILES string of the molecule is C.C.O=C(CCc1ccc(Cc2ccccc2)cc1)c1ncc(-c2ccccn2)o1. The molecule has 4 aromatic rings. The number of hydrogen-bond acceptors (Lipinski definition) is 4. The van der Waals surface area contributed by atoms with E-state index in [0.717, 1.165) is 12.0 Å². The molecule has 2 aromatic heterocycles. The monoisotopic (exact) mass is 400 g/mol. The highest BCUT2D eigenvalue weighted by atomic mass is 16.4. The number of pyridine rings is 1. The van der Waals surface area contributed by atoms with Crippen molar-refractivity contribution in [3.63, 3.8) is 0 Å². The number of oxazole rings is 1. The van der Waals surface area contributed by atoms with Crippen molar-refractivity contribution in [3.8, 4) is 11.5 Å². The highest BCUT2D eigenvalue weighted by molar-refractivity contribution is 5.92. The summed E-state index contributed by atoms with van der Waals surface area (Å²) in [5, 5.41) is 0. The number of benzene rings is 2. The van der Waals surface area contributed by atoms with Crippen molar-refractivity contribution in [1.82, 2.24) is 9.97 Å². The Hall–Kier alpha value is -3.53. The van der Waals surface area contributed by atoms with Crippen LogP contribution >= 0.6 is 0 Å². The lowest BCUT2D eigenvalue weighted by Crippen LogP contribution is -2.01. The third kappa shape index (κ3) is 5.74. The minimum Gasteiger partial charge on any atom is -0.432 e. The first-order valence-electron chi connectivity index (χ1n) is 9.30. The van der Waals surface area contributed by atoms with E-state index >= 15 is 0 Å². The van der Waals surface area contributed by atoms with Crippen LogP contribution < -0.4 is 0 Å². The Labute approximate surface area is 178 Å². The molecule has 30 heavy (non-hydrogen) atoms. The molecule has 0 saturated carbocycles. The summed E-state index contributed by atoms with van der Waals surface area (Å²) in [6.07, 6.45) is 5.16. The van der Waals surface area contributed by atoms with Gasteiger partial charge in [0.05, 0.1) is 6.20 Å². The minimum atomic E-state index is -0.101. The lowest BCUT2D eigenvalue weighted by Gasteiger charge is -2.04. The van der Waals surface area contributed by atoms with Gasteiger partial charge in [0.15, 0.2) is 5.76 Å². The van der Waals surface area contributed by atoms with Gasteiger partial charge in [0.1, 0.15) is 5.69 Å². The highest BCUT2D eigenvalue weighted by Gasteiger charge is 2.14. The van der Waals surface area contributed by atoms with E-state index in [4.69, 9.17) is 4.42 Å². The molecule has 4 heteroatoms. The maximum atomic E-state index is 12.4. The highest BCUT2D eigenvalue weighted by Crippen LogP contribution is 2.19. The number of aryl methyl sites for hydroxylation is 1. The van der Waals surface area contributed by atoms with Crippen LogP contribution in [0.25, 0.3) is 11.5 Å². The molecule has 0 aliphatic rings. The van der Waals surface area contributed by atoms with E-state index in [1.807, 2.05) is 24.3 Å². The van der Waals surface area contributed by atoms with Gasteiger partial charge in [-0.1, -0.05) is 75.5 Å². The smallest absolute Gasteiger partial charge is 0.263 e. The quantitative estimate of drug-likeness (QED) is 0.336. The molecule has 2 aromatic carbocycles. The first-order chi connectivity index (χ1) is 13.8. The third-order valence-corrected chi connectivity index (χ3v) is 4.58. The zero-order valence-electron chi connectivity index (χ0n) is 15.4. The molecule has 0 spiro atoms. The summed E-state index contributed by atoms with van der Waals surface area (Å²) in [5.41, 5.74) is 4.34. The Bertz CT molecular complexity index is 1040. The summed E-state index contributed by atoms with van der Waals surface area (Å²) < 4.78 is 5.58. The molecule has 154 valence electrons. The first-order valence-corrected chi connectivity index (χ1v) is 9.30. The van der Waals surface area contributed by atoms with Crippen LogP contribution in [0.15, 0.2) is 89.6 Å². The van der Waals surface area contributed by atoms with Gasteiger partial charge in [-0.2, -0.15) is 0 Å². The average molecular weight is 401 g/mol. The van der Waals surface area contributed by atoms with E-state index in [-0.39, 0.29) is 26.5 Å². The predicted molar refractivity (Wildman–Crippen MR) is 122 cm³/mol. The Morgan fingerprint density at radius 3 is 2.13 bits per heavy atom. The second-order valence-electron chi connectivity index (χ2n) is 6.65. The Kier molecular flexibility index (Phi) is 8.24. The fourth-order valence-corrected chi connectivity index (χ4v) is 3.05. The summed E-state index contributed by atoms with van der Waals surface area (Å²) in [6, 6.07) is 24.3. The zero-order chi connectivity index (χ0) is 19.2. The van der Waals surface area contributed by atoms with Crippen LogP contribution in [-0.2, 0) is 12.8 Å². The van der Waals surface area contributed by atoms with E-state index in [1.165, 1.54) is 11.1 Å². The Balaban J connectivity index is 0.00000160. The molecule has 4 rings (SSSR count). The van der Waals surface area contributed by atoms with Gasteiger partial charge in [-0.25, -0.2) is 4.98 Å². The van der Waals surface area contributed by atoms with Crippen molar-refractivity contribution in [2.45, 2.75) is 34.1 Å². The van der Waals surface area contributed by atoms with Crippen LogP contribution in [0, 0.1) is 0 Å². The molecule has 4 nitrogen and oxygen atoms in total. The van der Waals surface area contributed by atoms with Crippen molar-refractivity contribution >= 4 is 5.78 Å². The Morgan fingerprint density at radius 2 is 1.43 bits per heavy atom.